The highest BCUT2D eigenvalue weighted by molar-refractivity contribution is 5.96. The summed E-state index contributed by atoms with van der Waals surface area (Å²) in [7, 11) is 0. The van der Waals surface area contributed by atoms with Gasteiger partial charge in [-0.15, -0.1) is 0 Å². The van der Waals surface area contributed by atoms with E-state index in [-0.39, 0.29) is 24.0 Å². The summed E-state index contributed by atoms with van der Waals surface area (Å²) in [6.45, 7) is 3.41. The van der Waals surface area contributed by atoms with Crippen molar-refractivity contribution in [1.82, 2.24) is 5.32 Å². The average molecular weight is 171 g/mol. The molecular weight excluding hydrogens is 158 g/mol. The molecule has 0 aromatic carbocycles. The van der Waals surface area contributed by atoms with Gasteiger partial charge in [0.15, 0.2) is 0 Å². The van der Waals surface area contributed by atoms with Crippen LogP contribution in [-0.4, -0.2) is 29.9 Å². The first-order valence-electron chi connectivity index (χ1n) is 4.06. The molecule has 1 aliphatic rings. The van der Waals surface area contributed by atoms with Crippen LogP contribution in [0.15, 0.2) is 0 Å². The number of nitrogens with one attached hydrogen (secondary N) is 1. The molecule has 2 atom stereocenters. The number of hydrogen-bond donors (Lipinski definition) is 2. The Morgan fingerprint density at radius 2 is 2.17 bits per heavy atom. The highest BCUT2D eigenvalue weighted by Gasteiger charge is 2.30. The molecule has 68 valence electrons. The van der Waals surface area contributed by atoms with Gasteiger partial charge < -0.3 is 10.4 Å². The van der Waals surface area contributed by atoms with Gasteiger partial charge in [-0.05, 0) is 12.5 Å². The van der Waals surface area contributed by atoms with Gasteiger partial charge in [0.05, 0.1) is 0 Å². The first kappa shape index (κ1) is 9.19. The minimum Gasteiger partial charge on any atom is -0.481 e. The largest absolute Gasteiger partial charge is 0.481 e. The van der Waals surface area contributed by atoms with E-state index in [2.05, 4.69) is 5.32 Å². The third-order valence-electron chi connectivity index (χ3n) is 2.26. The Labute approximate surface area is 71.0 Å². The van der Waals surface area contributed by atoms with Crippen molar-refractivity contribution in [2.75, 3.05) is 13.1 Å². The lowest BCUT2D eigenvalue weighted by Crippen LogP contribution is -2.23. The molecule has 1 heterocycles. The second-order valence-corrected chi connectivity index (χ2v) is 3.28. The molecule has 0 aliphatic carbocycles. The maximum atomic E-state index is 11.2. The summed E-state index contributed by atoms with van der Waals surface area (Å²) in [6.07, 6.45) is -0.337. The van der Waals surface area contributed by atoms with Gasteiger partial charge in [0, 0.05) is 12.5 Å². The maximum absolute atomic E-state index is 11.2. The van der Waals surface area contributed by atoms with Gasteiger partial charge in [0.25, 0.3) is 0 Å². The third kappa shape index (κ3) is 2.04. The van der Waals surface area contributed by atoms with Crippen molar-refractivity contribution in [3.63, 3.8) is 0 Å². The monoisotopic (exact) mass is 171 g/mol. The number of carboxylic acids is 1. The van der Waals surface area contributed by atoms with Crippen molar-refractivity contribution in [1.29, 1.82) is 0 Å². The van der Waals surface area contributed by atoms with Gasteiger partial charge in [-0.2, -0.15) is 0 Å². The average Bonchev–Trinajstić information content (AvgIpc) is 2.33. The highest BCUT2D eigenvalue weighted by Crippen LogP contribution is 2.17. The third-order valence-corrected chi connectivity index (χ3v) is 2.26. The summed E-state index contributed by atoms with van der Waals surface area (Å²) >= 11 is 0. The first-order valence-corrected chi connectivity index (χ1v) is 4.06. The highest BCUT2D eigenvalue weighted by atomic mass is 16.4. The van der Waals surface area contributed by atoms with Gasteiger partial charge in [-0.25, -0.2) is 0 Å². The molecule has 2 unspecified atom stereocenters. The Morgan fingerprint density at radius 3 is 2.58 bits per heavy atom. The van der Waals surface area contributed by atoms with E-state index in [0.717, 1.165) is 6.54 Å². The van der Waals surface area contributed by atoms with Crippen molar-refractivity contribution < 1.29 is 14.7 Å². The van der Waals surface area contributed by atoms with E-state index in [4.69, 9.17) is 5.11 Å². The zero-order chi connectivity index (χ0) is 9.14. The van der Waals surface area contributed by atoms with Gasteiger partial charge in [-0.3, -0.25) is 9.59 Å². The molecule has 0 bridgehead atoms. The van der Waals surface area contributed by atoms with Crippen LogP contribution in [0, 0.1) is 11.8 Å². The SMILES string of the molecule is CC1CNCC1C(=O)CC(=O)O. The van der Waals surface area contributed by atoms with Crippen molar-refractivity contribution in [2.45, 2.75) is 13.3 Å². The van der Waals surface area contributed by atoms with Crippen molar-refractivity contribution in [2.24, 2.45) is 11.8 Å². The molecule has 0 radical (unpaired) electrons. The van der Waals surface area contributed by atoms with E-state index in [1.807, 2.05) is 6.92 Å². The fraction of sp³-hybridized carbons (Fsp3) is 0.750. The molecule has 2 N–H and O–H groups in total. The van der Waals surface area contributed by atoms with Gasteiger partial charge in [0.2, 0.25) is 0 Å². The van der Waals surface area contributed by atoms with E-state index in [0.29, 0.717) is 6.54 Å². The molecule has 0 saturated carbocycles. The van der Waals surface area contributed by atoms with Crippen molar-refractivity contribution in [3.05, 3.63) is 0 Å². The summed E-state index contributed by atoms with van der Waals surface area (Å²) in [5.74, 6) is -1.00. The molecule has 1 rings (SSSR count). The van der Waals surface area contributed by atoms with Crippen LogP contribution in [0.4, 0.5) is 0 Å². The van der Waals surface area contributed by atoms with Crippen molar-refractivity contribution >= 4 is 11.8 Å². The van der Waals surface area contributed by atoms with Gasteiger partial charge in [-0.1, -0.05) is 6.92 Å². The number of carbonyl (C=O) groups is 2. The Kier molecular flexibility index (Phi) is 2.81. The Hall–Kier alpha value is -0.900. The summed E-state index contributed by atoms with van der Waals surface area (Å²) in [5, 5.41) is 11.5. The van der Waals surface area contributed by atoms with Crippen LogP contribution in [0.25, 0.3) is 0 Å². The fourth-order valence-electron chi connectivity index (χ4n) is 1.52. The molecule has 0 aromatic heterocycles. The number of Topliss-reactive ketones (excluding diaryl/α,β-unsaturated/α-hetero) is 1. The smallest absolute Gasteiger partial charge is 0.310 e. The lowest BCUT2D eigenvalue weighted by molar-refractivity contribution is -0.141. The minimum atomic E-state index is -1.03. The molecule has 1 aliphatic heterocycles. The molecule has 4 nitrogen and oxygen atoms in total. The molecule has 1 saturated heterocycles. The fourth-order valence-corrected chi connectivity index (χ4v) is 1.52. The standard InChI is InChI=1S/C8H13NO3/c1-5-3-9-4-6(5)7(10)2-8(11)12/h5-6,9H,2-4H2,1H3,(H,11,12). The van der Waals surface area contributed by atoms with Crippen LogP contribution >= 0.6 is 0 Å². The number of carboxylic acid groups (broad SMARTS) is 1. The second kappa shape index (κ2) is 3.67. The quantitative estimate of drug-likeness (QED) is 0.581. The molecule has 0 aromatic rings. The van der Waals surface area contributed by atoms with E-state index >= 15 is 0 Å². The minimum absolute atomic E-state index is 0.0962. The van der Waals surface area contributed by atoms with E-state index < -0.39 is 5.97 Å². The lowest BCUT2D eigenvalue weighted by Gasteiger charge is -2.10. The van der Waals surface area contributed by atoms with Crippen LogP contribution < -0.4 is 5.32 Å². The summed E-state index contributed by atoms with van der Waals surface area (Å²) in [5.41, 5.74) is 0. The Balaban J connectivity index is 2.46. The molecule has 1 fully saturated rings. The molecule has 4 heteroatoms. The van der Waals surface area contributed by atoms with E-state index in [1.54, 1.807) is 0 Å². The number of rotatable bonds is 3. The van der Waals surface area contributed by atoms with E-state index in [1.165, 1.54) is 0 Å². The molecular formula is C8H13NO3. The van der Waals surface area contributed by atoms with Crippen LogP contribution in [0.2, 0.25) is 0 Å². The topological polar surface area (TPSA) is 66.4 Å². The molecule has 0 amide bonds. The number of aliphatic carboxylic acids is 1. The normalized spacial score (nSPS) is 28.8. The van der Waals surface area contributed by atoms with Gasteiger partial charge >= 0.3 is 5.97 Å². The van der Waals surface area contributed by atoms with Crippen LogP contribution in [0.1, 0.15) is 13.3 Å². The van der Waals surface area contributed by atoms with Gasteiger partial charge in [0.1, 0.15) is 12.2 Å². The predicted octanol–water partition coefficient (Wildman–Crippen LogP) is -0.114. The summed E-state index contributed by atoms with van der Waals surface area (Å²) in [6, 6.07) is 0. The molecule has 12 heavy (non-hydrogen) atoms. The number of carbonyl (C=O) groups excluding carboxylic acids is 1. The van der Waals surface area contributed by atoms with Crippen molar-refractivity contribution in [3.8, 4) is 0 Å². The van der Waals surface area contributed by atoms with Crippen LogP contribution in [0.3, 0.4) is 0 Å². The number of ketones is 1. The molecule has 0 spiro atoms. The zero-order valence-electron chi connectivity index (χ0n) is 7.04. The lowest BCUT2D eigenvalue weighted by atomic mass is 9.92. The first-order chi connectivity index (χ1) is 5.61. The maximum Gasteiger partial charge on any atom is 0.310 e. The zero-order valence-corrected chi connectivity index (χ0v) is 7.04. The predicted molar refractivity (Wildman–Crippen MR) is 42.8 cm³/mol. The Morgan fingerprint density at radius 1 is 1.50 bits per heavy atom. The summed E-state index contributed by atoms with van der Waals surface area (Å²) in [4.78, 5) is 21.5. The van der Waals surface area contributed by atoms with Crippen LogP contribution in [0.5, 0.6) is 0 Å². The number of hydrogen-bond acceptors (Lipinski definition) is 3. The van der Waals surface area contributed by atoms with Crippen LogP contribution in [-0.2, 0) is 9.59 Å². The second-order valence-electron chi connectivity index (χ2n) is 3.28. The Bertz CT molecular complexity index is 202. The summed E-state index contributed by atoms with van der Waals surface area (Å²) < 4.78 is 0. The van der Waals surface area contributed by atoms with E-state index in [9.17, 15) is 9.59 Å².